The number of aliphatic hydroxyl groups excluding tert-OH is 1. The van der Waals surface area contributed by atoms with Crippen molar-refractivity contribution in [1.82, 2.24) is 9.55 Å². The molecule has 0 fully saturated rings. The molecule has 0 saturated heterocycles. The molecule has 2 rings (SSSR count). The van der Waals surface area contributed by atoms with Crippen molar-refractivity contribution in [1.29, 1.82) is 0 Å². The van der Waals surface area contributed by atoms with Gasteiger partial charge in [0, 0.05) is 13.0 Å². The Bertz CT molecular complexity index is 545. The number of benzene rings is 1. The smallest absolute Gasteiger partial charge is 0.109 e. The molecule has 98 valence electrons. The van der Waals surface area contributed by atoms with Crippen molar-refractivity contribution in [2.75, 3.05) is 13.2 Å². The van der Waals surface area contributed by atoms with Crippen molar-refractivity contribution >= 4 is 11.0 Å². The predicted octanol–water partition coefficient (Wildman–Crippen LogP) is 1.54. The number of rotatable bonds is 5. The van der Waals surface area contributed by atoms with E-state index in [-0.39, 0.29) is 6.61 Å². The van der Waals surface area contributed by atoms with Gasteiger partial charge in [-0.1, -0.05) is 0 Å². The van der Waals surface area contributed by atoms with Gasteiger partial charge in [0.2, 0.25) is 0 Å². The summed E-state index contributed by atoms with van der Waals surface area (Å²) in [6, 6.07) is 4.27. The van der Waals surface area contributed by atoms with E-state index >= 15 is 0 Å². The summed E-state index contributed by atoms with van der Waals surface area (Å²) < 4.78 is 2.11. The second kappa shape index (κ2) is 5.50. The van der Waals surface area contributed by atoms with Gasteiger partial charge in [-0.2, -0.15) is 0 Å². The number of nitrogens with two attached hydrogens (primary N) is 1. The number of hydrogen-bond acceptors (Lipinski definition) is 3. The van der Waals surface area contributed by atoms with E-state index in [1.807, 2.05) is 0 Å². The molecule has 4 nitrogen and oxygen atoms in total. The predicted molar refractivity (Wildman–Crippen MR) is 73.7 cm³/mol. The number of aryl methyl sites for hydroxylation is 3. The number of imidazole rings is 1. The van der Waals surface area contributed by atoms with Gasteiger partial charge in [-0.3, -0.25) is 0 Å². The third-order valence-corrected chi connectivity index (χ3v) is 3.37. The Balaban J connectivity index is 2.52. The quantitative estimate of drug-likeness (QED) is 0.842. The zero-order valence-electron chi connectivity index (χ0n) is 11.1. The first-order valence-corrected chi connectivity index (χ1v) is 6.44. The molecule has 1 heterocycles. The molecule has 0 aliphatic rings. The lowest BCUT2D eigenvalue weighted by atomic mass is 10.1. The van der Waals surface area contributed by atoms with E-state index < -0.39 is 0 Å². The number of nitrogens with zero attached hydrogens (tertiary/aromatic N) is 2. The standard InChI is InChI=1S/C14H21N3O/c1-10-8-12-13(9-11(10)2)17(6-7-18)14(16-12)4-3-5-15/h8-9,18H,3-7,15H2,1-2H3. The van der Waals surface area contributed by atoms with Crippen molar-refractivity contribution in [3.8, 4) is 0 Å². The van der Waals surface area contributed by atoms with Crippen LogP contribution < -0.4 is 5.73 Å². The fourth-order valence-electron chi connectivity index (χ4n) is 2.23. The van der Waals surface area contributed by atoms with E-state index in [4.69, 9.17) is 5.73 Å². The molecule has 0 spiro atoms. The Morgan fingerprint density at radius 1 is 1.28 bits per heavy atom. The number of hydrogen-bond donors (Lipinski definition) is 2. The van der Waals surface area contributed by atoms with Crippen molar-refractivity contribution in [2.45, 2.75) is 33.2 Å². The Labute approximate surface area is 107 Å². The highest BCUT2D eigenvalue weighted by molar-refractivity contribution is 5.78. The van der Waals surface area contributed by atoms with Gasteiger partial charge in [-0.05, 0) is 50.1 Å². The zero-order valence-corrected chi connectivity index (χ0v) is 11.1. The van der Waals surface area contributed by atoms with Gasteiger partial charge in [-0.15, -0.1) is 0 Å². The Kier molecular flexibility index (Phi) is 3.99. The van der Waals surface area contributed by atoms with Gasteiger partial charge < -0.3 is 15.4 Å². The lowest BCUT2D eigenvalue weighted by Crippen LogP contribution is -2.09. The molecule has 1 aromatic heterocycles. The maximum Gasteiger partial charge on any atom is 0.109 e. The van der Waals surface area contributed by atoms with E-state index in [2.05, 4.69) is 35.5 Å². The molecule has 3 N–H and O–H groups in total. The van der Waals surface area contributed by atoms with Crippen molar-refractivity contribution in [3.05, 3.63) is 29.1 Å². The van der Waals surface area contributed by atoms with Gasteiger partial charge in [0.05, 0.1) is 17.6 Å². The molecule has 0 atom stereocenters. The molecular weight excluding hydrogens is 226 g/mol. The molecule has 18 heavy (non-hydrogen) atoms. The van der Waals surface area contributed by atoms with E-state index in [0.29, 0.717) is 13.1 Å². The molecule has 0 unspecified atom stereocenters. The lowest BCUT2D eigenvalue weighted by molar-refractivity contribution is 0.276. The number of aromatic nitrogens is 2. The van der Waals surface area contributed by atoms with Crippen LogP contribution in [0.5, 0.6) is 0 Å². The molecule has 0 amide bonds. The van der Waals surface area contributed by atoms with Crippen LogP contribution in [0, 0.1) is 13.8 Å². The second-order valence-corrected chi connectivity index (χ2v) is 4.72. The summed E-state index contributed by atoms with van der Waals surface area (Å²) in [5, 5.41) is 9.20. The second-order valence-electron chi connectivity index (χ2n) is 4.72. The molecule has 0 aliphatic carbocycles. The van der Waals surface area contributed by atoms with E-state index in [1.54, 1.807) is 0 Å². The summed E-state index contributed by atoms with van der Waals surface area (Å²) in [5.41, 5.74) is 10.2. The average Bonchev–Trinajstić information content (AvgIpc) is 2.66. The molecule has 0 aliphatic heterocycles. The van der Waals surface area contributed by atoms with E-state index in [0.717, 1.165) is 29.7 Å². The molecule has 1 aromatic carbocycles. The normalized spacial score (nSPS) is 11.3. The monoisotopic (exact) mass is 247 g/mol. The first-order chi connectivity index (χ1) is 8.67. The van der Waals surface area contributed by atoms with Crippen LogP contribution in [0.4, 0.5) is 0 Å². The first-order valence-electron chi connectivity index (χ1n) is 6.44. The van der Waals surface area contributed by atoms with Crippen LogP contribution in [0.25, 0.3) is 11.0 Å². The van der Waals surface area contributed by atoms with Crippen LogP contribution in [-0.2, 0) is 13.0 Å². The summed E-state index contributed by atoms with van der Waals surface area (Å²) in [7, 11) is 0. The SMILES string of the molecule is Cc1cc2nc(CCCN)n(CCO)c2cc1C. The molecule has 4 heteroatoms. The number of fused-ring (bicyclic) bond motifs is 1. The number of aliphatic hydroxyl groups is 1. The minimum Gasteiger partial charge on any atom is -0.395 e. The van der Waals surface area contributed by atoms with Crippen LogP contribution >= 0.6 is 0 Å². The highest BCUT2D eigenvalue weighted by Crippen LogP contribution is 2.21. The maximum atomic E-state index is 9.20. The largest absolute Gasteiger partial charge is 0.395 e. The molecular formula is C14H21N3O. The summed E-state index contributed by atoms with van der Waals surface area (Å²) in [5.74, 6) is 1.02. The van der Waals surface area contributed by atoms with Gasteiger partial charge in [0.25, 0.3) is 0 Å². The Morgan fingerprint density at radius 2 is 2.00 bits per heavy atom. The summed E-state index contributed by atoms with van der Waals surface area (Å²) in [6.07, 6.45) is 1.79. The van der Waals surface area contributed by atoms with Crippen molar-refractivity contribution in [2.24, 2.45) is 5.73 Å². The van der Waals surface area contributed by atoms with E-state index in [1.165, 1.54) is 11.1 Å². The average molecular weight is 247 g/mol. The van der Waals surface area contributed by atoms with Crippen LogP contribution in [0.3, 0.4) is 0 Å². The Hall–Kier alpha value is -1.39. The Morgan fingerprint density at radius 3 is 2.67 bits per heavy atom. The van der Waals surface area contributed by atoms with Gasteiger partial charge in [0.1, 0.15) is 5.82 Å². The summed E-state index contributed by atoms with van der Waals surface area (Å²) in [6.45, 7) is 5.59. The van der Waals surface area contributed by atoms with E-state index in [9.17, 15) is 5.11 Å². The van der Waals surface area contributed by atoms with Gasteiger partial charge in [0.15, 0.2) is 0 Å². The lowest BCUT2D eigenvalue weighted by Gasteiger charge is -2.07. The van der Waals surface area contributed by atoms with Crippen LogP contribution in [0.2, 0.25) is 0 Å². The minimum atomic E-state index is 0.133. The third kappa shape index (κ3) is 2.40. The third-order valence-electron chi connectivity index (χ3n) is 3.37. The zero-order chi connectivity index (χ0) is 13.1. The molecule has 0 saturated carbocycles. The molecule has 2 aromatic rings. The topological polar surface area (TPSA) is 64.1 Å². The first kappa shape index (κ1) is 13.1. The summed E-state index contributed by atoms with van der Waals surface area (Å²) in [4.78, 5) is 4.67. The highest BCUT2D eigenvalue weighted by atomic mass is 16.3. The fraction of sp³-hybridized carbons (Fsp3) is 0.500. The van der Waals surface area contributed by atoms with Crippen molar-refractivity contribution in [3.63, 3.8) is 0 Å². The molecule has 0 bridgehead atoms. The minimum absolute atomic E-state index is 0.133. The van der Waals surface area contributed by atoms with Crippen LogP contribution in [-0.4, -0.2) is 27.8 Å². The fourth-order valence-corrected chi connectivity index (χ4v) is 2.23. The maximum absolute atomic E-state index is 9.20. The van der Waals surface area contributed by atoms with Gasteiger partial charge >= 0.3 is 0 Å². The molecule has 0 radical (unpaired) electrons. The van der Waals surface area contributed by atoms with Crippen molar-refractivity contribution < 1.29 is 5.11 Å². The summed E-state index contributed by atoms with van der Waals surface area (Å²) >= 11 is 0. The van der Waals surface area contributed by atoms with Crippen LogP contribution in [0.1, 0.15) is 23.4 Å². The van der Waals surface area contributed by atoms with Crippen LogP contribution in [0.15, 0.2) is 12.1 Å². The highest BCUT2D eigenvalue weighted by Gasteiger charge is 2.11. The van der Waals surface area contributed by atoms with Gasteiger partial charge in [-0.25, -0.2) is 4.98 Å².